The molecule has 0 amide bonds. The number of hydrogen-bond donors (Lipinski definition) is 2. The Bertz CT molecular complexity index is 1790. The summed E-state index contributed by atoms with van der Waals surface area (Å²) in [5.41, 5.74) is -3.00. The zero-order valence-electron chi connectivity index (χ0n) is 24.3. The van der Waals surface area contributed by atoms with Crippen molar-refractivity contribution in [3.8, 4) is 5.75 Å². The minimum Gasteiger partial charge on any atom is -0.462 e. The molecule has 14 nitrogen and oxygen atoms in total. The summed E-state index contributed by atoms with van der Waals surface area (Å²) < 4.78 is 56.8. The number of nitrogens with one attached hydrogen (secondary N) is 2. The number of fused-ring (bicyclic) bond motifs is 1. The topological polar surface area (TPSA) is 169 Å². The van der Waals surface area contributed by atoms with Gasteiger partial charge < -0.3 is 14.0 Å². The fraction of sp³-hybridized carbons (Fsp3) is 0.393. The Labute approximate surface area is 250 Å². The number of carbonyl (C=O) groups is 1. The predicted molar refractivity (Wildman–Crippen MR) is 156 cm³/mol. The predicted octanol–water partition coefficient (Wildman–Crippen LogP) is 3.11. The molecule has 16 heteroatoms. The largest absolute Gasteiger partial charge is 0.462 e. The molecule has 0 spiro atoms. The third kappa shape index (κ3) is 6.65. The Morgan fingerprint density at radius 2 is 1.84 bits per heavy atom. The third-order valence-electron chi connectivity index (χ3n) is 6.84. The van der Waals surface area contributed by atoms with Crippen molar-refractivity contribution in [1.29, 1.82) is 0 Å². The summed E-state index contributed by atoms with van der Waals surface area (Å²) in [5.74, 6) is -0.631. The van der Waals surface area contributed by atoms with Crippen LogP contribution in [-0.4, -0.2) is 60.5 Å². The van der Waals surface area contributed by atoms with E-state index in [0.29, 0.717) is 11.0 Å². The number of aromatic nitrogens is 5. The number of nitrogens with zero attached hydrogens (tertiary/aromatic N) is 4. The first-order valence-electron chi connectivity index (χ1n) is 13.8. The fourth-order valence-electron chi connectivity index (χ4n) is 4.83. The standard InChI is InChI=1S/C28H32FN6O8P/c1-17(2)40-25(37)18(3)32-44(39,42-19-10-6-5-7-11-19)43-24-22(16-35-21-13-9-8-12-20(21)31-33-35)41-26(28(24,4)29)34-15-14-23(36)30-27(34)38/h5-15,17-18,22,24,26H,16H2,1-4H3,(H,32,39)(H,30,36,38)/t18-,22+,24+,26+,28+,44?/m0/s1. The monoisotopic (exact) mass is 630 g/mol. The SMILES string of the molecule is CC(C)OC(=O)[C@H](C)NP(=O)(Oc1ccccc1)O[C@@H]1[C@@H](Cn2nnc3ccccc32)O[C@@H](n2ccc(=O)[nH]c2=O)[C@]1(C)F. The zero-order valence-corrected chi connectivity index (χ0v) is 25.2. The van der Waals surface area contributed by atoms with Gasteiger partial charge in [-0.1, -0.05) is 35.5 Å². The molecule has 2 aromatic heterocycles. The Hall–Kier alpha value is -4.17. The maximum Gasteiger partial charge on any atom is 0.459 e. The molecule has 0 aliphatic carbocycles. The highest BCUT2D eigenvalue weighted by atomic mass is 31.2. The van der Waals surface area contributed by atoms with Crippen molar-refractivity contribution in [2.45, 2.75) is 70.5 Å². The number of alkyl halides is 1. The van der Waals surface area contributed by atoms with Gasteiger partial charge >= 0.3 is 19.4 Å². The van der Waals surface area contributed by atoms with E-state index in [1.54, 1.807) is 56.3 Å². The number of esters is 1. The molecule has 0 radical (unpaired) electrons. The number of rotatable bonds is 11. The molecule has 0 bridgehead atoms. The van der Waals surface area contributed by atoms with E-state index < -0.39 is 61.2 Å². The summed E-state index contributed by atoms with van der Waals surface area (Å²) in [5, 5.41) is 10.8. The van der Waals surface area contributed by atoms with Crippen molar-refractivity contribution in [2.75, 3.05) is 0 Å². The van der Waals surface area contributed by atoms with Gasteiger partial charge in [0.05, 0.1) is 18.2 Å². The van der Waals surface area contributed by atoms with Gasteiger partial charge in [0.25, 0.3) is 5.56 Å². The fourth-order valence-corrected chi connectivity index (χ4v) is 6.60. The molecule has 5 rings (SSSR count). The number of halogens is 1. The molecule has 44 heavy (non-hydrogen) atoms. The molecule has 1 fully saturated rings. The highest BCUT2D eigenvalue weighted by molar-refractivity contribution is 7.52. The number of carbonyl (C=O) groups excluding carboxylic acids is 1. The summed E-state index contributed by atoms with van der Waals surface area (Å²) >= 11 is 0. The Balaban J connectivity index is 1.55. The van der Waals surface area contributed by atoms with E-state index >= 15 is 4.39 Å². The number of benzene rings is 2. The van der Waals surface area contributed by atoms with Gasteiger partial charge in [0.1, 0.15) is 29.5 Å². The molecule has 3 heterocycles. The molecule has 1 aliphatic rings. The lowest BCUT2D eigenvalue weighted by atomic mass is 9.98. The summed E-state index contributed by atoms with van der Waals surface area (Å²) in [6, 6.07) is 14.9. The minimum atomic E-state index is -4.60. The van der Waals surface area contributed by atoms with Crippen LogP contribution in [-0.2, 0) is 29.9 Å². The van der Waals surface area contributed by atoms with Crippen LogP contribution in [0.4, 0.5) is 4.39 Å². The second-order valence-electron chi connectivity index (χ2n) is 10.7. The highest BCUT2D eigenvalue weighted by Crippen LogP contribution is 2.53. The van der Waals surface area contributed by atoms with Crippen LogP contribution in [0, 0.1) is 0 Å². The summed E-state index contributed by atoms with van der Waals surface area (Å²) in [6.07, 6.45) is -3.91. The molecule has 2 aromatic carbocycles. The molecule has 1 aliphatic heterocycles. The van der Waals surface area contributed by atoms with Crippen LogP contribution in [0.3, 0.4) is 0 Å². The smallest absolute Gasteiger partial charge is 0.459 e. The van der Waals surface area contributed by atoms with Crippen molar-refractivity contribution >= 4 is 24.7 Å². The van der Waals surface area contributed by atoms with E-state index in [4.69, 9.17) is 18.5 Å². The van der Waals surface area contributed by atoms with E-state index in [9.17, 15) is 18.9 Å². The van der Waals surface area contributed by atoms with Crippen molar-refractivity contribution in [2.24, 2.45) is 0 Å². The first-order chi connectivity index (χ1) is 20.9. The van der Waals surface area contributed by atoms with Crippen LogP contribution < -0.4 is 20.9 Å². The van der Waals surface area contributed by atoms with E-state index in [-0.39, 0.29) is 12.3 Å². The maximum atomic E-state index is 17.0. The summed E-state index contributed by atoms with van der Waals surface area (Å²) in [4.78, 5) is 39.2. The van der Waals surface area contributed by atoms with Crippen LogP contribution in [0.2, 0.25) is 0 Å². The van der Waals surface area contributed by atoms with Crippen LogP contribution in [0.5, 0.6) is 5.75 Å². The van der Waals surface area contributed by atoms with Crippen LogP contribution in [0.25, 0.3) is 11.0 Å². The number of H-pyrrole nitrogens is 1. The number of aromatic amines is 1. The summed E-state index contributed by atoms with van der Waals surface area (Å²) in [6.45, 7) is 5.68. The van der Waals surface area contributed by atoms with Crippen LogP contribution >= 0.6 is 7.75 Å². The third-order valence-corrected chi connectivity index (χ3v) is 8.50. The van der Waals surface area contributed by atoms with E-state index in [1.165, 1.54) is 23.7 Å². The first-order valence-corrected chi connectivity index (χ1v) is 15.4. The van der Waals surface area contributed by atoms with Gasteiger partial charge in [0.15, 0.2) is 11.9 Å². The van der Waals surface area contributed by atoms with Gasteiger partial charge in [-0.15, -0.1) is 5.10 Å². The molecule has 1 saturated heterocycles. The number of para-hydroxylation sites is 2. The number of ether oxygens (including phenoxy) is 2. The molecule has 0 saturated carbocycles. The average molecular weight is 631 g/mol. The van der Waals surface area contributed by atoms with Gasteiger partial charge in [0.2, 0.25) is 0 Å². The Morgan fingerprint density at radius 1 is 1.14 bits per heavy atom. The van der Waals surface area contributed by atoms with Crippen molar-refractivity contribution in [3.63, 3.8) is 0 Å². The maximum absolute atomic E-state index is 17.0. The van der Waals surface area contributed by atoms with Gasteiger partial charge in [-0.2, -0.15) is 5.09 Å². The molecular weight excluding hydrogens is 598 g/mol. The van der Waals surface area contributed by atoms with Gasteiger partial charge in [-0.05, 0) is 52.0 Å². The van der Waals surface area contributed by atoms with E-state index in [2.05, 4.69) is 20.4 Å². The van der Waals surface area contributed by atoms with Crippen molar-refractivity contribution in [1.82, 2.24) is 29.6 Å². The molecule has 4 aromatic rings. The molecule has 6 atom stereocenters. The zero-order chi connectivity index (χ0) is 31.6. The second kappa shape index (κ2) is 12.4. The van der Waals surface area contributed by atoms with Crippen LogP contribution in [0.1, 0.15) is 33.9 Å². The minimum absolute atomic E-state index is 0.111. The lowest BCUT2D eigenvalue weighted by Crippen LogP contribution is -2.46. The van der Waals surface area contributed by atoms with Gasteiger partial charge in [-0.3, -0.25) is 23.7 Å². The quantitative estimate of drug-likeness (QED) is 0.185. The summed E-state index contributed by atoms with van der Waals surface area (Å²) in [7, 11) is -4.60. The Morgan fingerprint density at radius 3 is 2.55 bits per heavy atom. The number of hydrogen-bond acceptors (Lipinski definition) is 10. The van der Waals surface area contributed by atoms with Gasteiger partial charge in [0, 0.05) is 12.3 Å². The molecular formula is C28H32FN6O8P. The average Bonchev–Trinajstić information content (AvgIpc) is 3.47. The lowest BCUT2D eigenvalue weighted by Gasteiger charge is -2.31. The van der Waals surface area contributed by atoms with E-state index in [1.807, 2.05) is 0 Å². The van der Waals surface area contributed by atoms with E-state index in [0.717, 1.165) is 23.8 Å². The highest BCUT2D eigenvalue weighted by Gasteiger charge is 2.59. The molecule has 234 valence electrons. The van der Waals surface area contributed by atoms with Crippen LogP contribution in [0.15, 0.2) is 76.4 Å². The first kappa shape index (κ1) is 31.3. The van der Waals surface area contributed by atoms with Crippen molar-refractivity contribution in [3.05, 3.63) is 87.7 Å². The lowest BCUT2D eigenvalue weighted by molar-refractivity contribution is -0.149. The van der Waals surface area contributed by atoms with Gasteiger partial charge in [-0.25, -0.2) is 18.4 Å². The molecule has 1 unspecified atom stereocenters. The second-order valence-corrected chi connectivity index (χ2v) is 12.4. The van der Waals surface area contributed by atoms with Crippen molar-refractivity contribution < 1.29 is 32.3 Å². The normalized spacial score (nSPS) is 23.8. The molecule has 2 N–H and O–H groups in total. The Kier molecular flexibility index (Phi) is 8.84.